The number of carbonyl (C=O) groups is 2. The zero-order chi connectivity index (χ0) is 23.4. The molecule has 2 aliphatic rings. The molecule has 1 saturated carbocycles. The van der Waals surface area contributed by atoms with Crippen LogP contribution in [0.3, 0.4) is 0 Å². The summed E-state index contributed by atoms with van der Waals surface area (Å²) < 4.78 is 21.8. The highest BCUT2D eigenvalue weighted by atomic mass is 16.5. The van der Waals surface area contributed by atoms with E-state index in [0.717, 1.165) is 10.8 Å². The van der Waals surface area contributed by atoms with Gasteiger partial charge in [0.2, 0.25) is 0 Å². The molecule has 33 heavy (non-hydrogen) atoms. The third-order valence-corrected chi connectivity index (χ3v) is 6.02. The Bertz CT molecular complexity index is 1130. The maximum atomic E-state index is 13.1. The summed E-state index contributed by atoms with van der Waals surface area (Å²) in [5.74, 6) is 0.943. The topological polar surface area (TPSA) is 103 Å². The molecule has 4 rings (SSSR count). The zero-order valence-corrected chi connectivity index (χ0v) is 19.1. The number of rotatable bonds is 6. The summed E-state index contributed by atoms with van der Waals surface area (Å²) in [5.41, 5.74) is 1.66. The van der Waals surface area contributed by atoms with Crippen molar-refractivity contribution in [1.29, 1.82) is 0 Å². The van der Waals surface area contributed by atoms with Crippen LogP contribution in [0.5, 0.6) is 11.5 Å². The Morgan fingerprint density at radius 1 is 1.27 bits per heavy atom. The fraction of sp³-hybridized carbons (Fsp3) is 0.458. The third kappa shape index (κ3) is 5.13. The lowest BCUT2D eigenvalue weighted by molar-refractivity contribution is -0.148. The number of methoxy groups -OCH3 is 1. The Morgan fingerprint density at radius 2 is 2.12 bits per heavy atom. The summed E-state index contributed by atoms with van der Waals surface area (Å²) in [6.45, 7) is 4.25. The van der Waals surface area contributed by atoms with Crippen molar-refractivity contribution in [1.82, 2.24) is 15.4 Å². The van der Waals surface area contributed by atoms with E-state index >= 15 is 0 Å². The van der Waals surface area contributed by atoms with E-state index < -0.39 is 0 Å². The van der Waals surface area contributed by atoms with Gasteiger partial charge in [-0.2, -0.15) is 0 Å². The van der Waals surface area contributed by atoms with Crippen LogP contribution in [0.15, 0.2) is 28.9 Å². The summed E-state index contributed by atoms with van der Waals surface area (Å²) >= 11 is 0. The number of amides is 2. The molecule has 2 amide bonds. The molecule has 1 fully saturated rings. The first-order valence-electron chi connectivity index (χ1n) is 11.2. The average molecular weight is 456 g/mol. The molecule has 3 atom stereocenters. The minimum atomic E-state index is -0.297. The summed E-state index contributed by atoms with van der Waals surface area (Å²) in [4.78, 5) is 26.3. The highest BCUT2D eigenvalue weighted by Crippen LogP contribution is 2.38. The Hall–Kier alpha value is -3.49. The van der Waals surface area contributed by atoms with Crippen molar-refractivity contribution in [3.63, 3.8) is 0 Å². The van der Waals surface area contributed by atoms with Crippen LogP contribution in [0.2, 0.25) is 0 Å². The second kappa shape index (κ2) is 9.97. The number of hydrogen-bond acceptors (Lipinski definition) is 7. The lowest BCUT2D eigenvalue weighted by Gasteiger charge is -2.37. The normalized spacial score (nSPS) is 21.8. The van der Waals surface area contributed by atoms with E-state index in [-0.39, 0.29) is 30.1 Å². The first-order valence-corrected chi connectivity index (χ1v) is 11.2. The van der Waals surface area contributed by atoms with Gasteiger partial charge in [0, 0.05) is 31.6 Å². The molecule has 0 spiro atoms. The van der Waals surface area contributed by atoms with Crippen LogP contribution in [0.4, 0.5) is 4.79 Å². The average Bonchev–Trinajstić information content (AvgIpc) is 3.28. The predicted octanol–water partition coefficient (Wildman–Crippen LogP) is 1.89. The molecule has 0 saturated heterocycles. The monoisotopic (exact) mass is 455 g/mol. The van der Waals surface area contributed by atoms with Crippen molar-refractivity contribution >= 4 is 24.3 Å². The van der Waals surface area contributed by atoms with Gasteiger partial charge in [-0.3, -0.25) is 9.69 Å². The molecule has 1 aliphatic carbocycles. The second-order valence-electron chi connectivity index (χ2n) is 8.18. The van der Waals surface area contributed by atoms with E-state index in [9.17, 15) is 9.59 Å². The van der Waals surface area contributed by atoms with E-state index in [0.29, 0.717) is 49.3 Å². The van der Waals surface area contributed by atoms with Crippen LogP contribution in [0.25, 0.3) is 12.3 Å². The van der Waals surface area contributed by atoms with Crippen molar-refractivity contribution in [3.8, 4) is 11.5 Å². The Kier molecular flexibility index (Phi) is 6.86. The second-order valence-corrected chi connectivity index (χ2v) is 8.18. The first kappa shape index (κ1) is 22.7. The lowest BCUT2D eigenvalue weighted by Crippen LogP contribution is -2.49. The number of esters is 1. The van der Waals surface area contributed by atoms with Crippen molar-refractivity contribution in [2.24, 2.45) is 0 Å². The van der Waals surface area contributed by atoms with Gasteiger partial charge in [0.1, 0.15) is 6.10 Å². The Balaban J connectivity index is 1.57. The molecule has 9 nitrogen and oxygen atoms in total. The van der Waals surface area contributed by atoms with Crippen LogP contribution >= 0.6 is 0 Å². The van der Waals surface area contributed by atoms with E-state index in [1.54, 1.807) is 24.4 Å². The number of fused-ring (bicyclic) bond motifs is 1. The van der Waals surface area contributed by atoms with Gasteiger partial charge in [0.15, 0.2) is 16.9 Å². The maximum Gasteiger partial charge on any atom is 0.321 e. The Labute approximate surface area is 192 Å². The standard InChI is InChI=1S/C24H29N3O6/c1-4-31-23-11-16(5-8-22(23)30-3)19-12-18(32-15(2)28)6-7-20(19)26-24(29)27-10-9-21-17(14-27)13-25-33-21/h5,8-9,11,13-14,18-20H,4,6-7,10,12H2,1-3H3,(H,26,29). The van der Waals surface area contributed by atoms with E-state index in [1.165, 1.54) is 6.92 Å². The van der Waals surface area contributed by atoms with Gasteiger partial charge < -0.3 is 24.1 Å². The van der Waals surface area contributed by atoms with Gasteiger partial charge in [-0.05, 0) is 50.0 Å². The van der Waals surface area contributed by atoms with Crippen LogP contribution < -0.4 is 25.4 Å². The van der Waals surface area contributed by atoms with Gasteiger partial charge in [-0.1, -0.05) is 11.2 Å². The number of nitrogens with one attached hydrogen (secondary N) is 1. The van der Waals surface area contributed by atoms with Crippen LogP contribution in [0, 0.1) is 0 Å². The molecule has 2 heterocycles. The summed E-state index contributed by atoms with van der Waals surface area (Å²) in [5, 5.41) is 7.73. The molecule has 1 aliphatic heterocycles. The van der Waals surface area contributed by atoms with Gasteiger partial charge in [-0.25, -0.2) is 4.79 Å². The fourth-order valence-electron chi connectivity index (χ4n) is 4.50. The highest BCUT2D eigenvalue weighted by molar-refractivity contribution is 5.80. The molecule has 9 heteroatoms. The molecule has 1 aromatic carbocycles. The maximum absolute atomic E-state index is 13.1. The van der Waals surface area contributed by atoms with Gasteiger partial charge in [0.25, 0.3) is 0 Å². The van der Waals surface area contributed by atoms with Crippen LogP contribution in [-0.2, 0) is 9.53 Å². The number of carbonyl (C=O) groups excluding carboxylic acids is 2. The van der Waals surface area contributed by atoms with Crippen molar-refractivity contribution < 1.29 is 28.3 Å². The predicted molar refractivity (Wildman–Crippen MR) is 120 cm³/mol. The first-order chi connectivity index (χ1) is 16.0. The lowest BCUT2D eigenvalue weighted by atomic mass is 9.78. The van der Waals surface area contributed by atoms with Crippen LogP contribution in [0.1, 0.15) is 44.6 Å². The zero-order valence-electron chi connectivity index (χ0n) is 19.1. The summed E-state index contributed by atoms with van der Waals surface area (Å²) in [6.07, 6.45) is 6.92. The highest BCUT2D eigenvalue weighted by Gasteiger charge is 2.35. The van der Waals surface area contributed by atoms with Crippen LogP contribution in [-0.4, -0.2) is 54.5 Å². The largest absolute Gasteiger partial charge is 0.493 e. The molecule has 0 bridgehead atoms. The number of nitrogens with zero attached hydrogens (tertiary/aromatic N) is 2. The number of urea groups is 1. The van der Waals surface area contributed by atoms with Crippen molar-refractivity contribution in [2.45, 2.75) is 51.2 Å². The molecule has 0 radical (unpaired) electrons. The Morgan fingerprint density at radius 3 is 2.88 bits per heavy atom. The minimum absolute atomic E-state index is 0.0583. The molecule has 176 valence electrons. The van der Waals surface area contributed by atoms with Gasteiger partial charge in [0.05, 0.1) is 25.1 Å². The SMILES string of the molecule is CCOc1cc(C2CC(OC(C)=O)CCC2NC(=O)N2C=c3cnoc3=CC2)ccc1OC. The fourth-order valence-corrected chi connectivity index (χ4v) is 4.50. The molecular weight excluding hydrogens is 426 g/mol. The van der Waals surface area contributed by atoms with Crippen molar-refractivity contribution in [3.05, 3.63) is 40.6 Å². The van der Waals surface area contributed by atoms with E-state index in [4.69, 9.17) is 18.7 Å². The number of hydrogen-bond donors (Lipinski definition) is 1. The van der Waals surface area contributed by atoms with Gasteiger partial charge >= 0.3 is 12.0 Å². The molecule has 2 aromatic rings. The third-order valence-electron chi connectivity index (χ3n) is 6.02. The molecule has 1 N–H and O–H groups in total. The minimum Gasteiger partial charge on any atom is -0.493 e. The van der Waals surface area contributed by atoms with Gasteiger partial charge in [-0.15, -0.1) is 0 Å². The number of benzene rings is 1. The number of ether oxygens (including phenoxy) is 3. The summed E-state index contributed by atoms with van der Waals surface area (Å²) in [6, 6.07) is 5.47. The van der Waals surface area contributed by atoms with E-state index in [1.807, 2.05) is 31.2 Å². The van der Waals surface area contributed by atoms with Crippen molar-refractivity contribution in [2.75, 3.05) is 20.3 Å². The molecule has 3 unspecified atom stereocenters. The number of aromatic nitrogens is 1. The smallest absolute Gasteiger partial charge is 0.321 e. The summed E-state index contributed by atoms with van der Waals surface area (Å²) in [7, 11) is 1.60. The molecular formula is C24H29N3O6. The molecule has 1 aromatic heterocycles. The van der Waals surface area contributed by atoms with E-state index in [2.05, 4.69) is 10.5 Å². The quantitative estimate of drug-likeness (QED) is 0.664.